The molecule has 86 valence electrons. The van der Waals surface area contributed by atoms with Crippen molar-refractivity contribution in [1.29, 1.82) is 0 Å². The number of aliphatic hydroxyl groups excluding tert-OH is 1. The summed E-state index contributed by atoms with van der Waals surface area (Å²) in [5.41, 5.74) is 0.565. The van der Waals surface area contributed by atoms with Gasteiger partial charge in [0, 0.05) is 12.0 Å². The molecule has 0 saturated carbocycles. The molecule has 0 aliphatic carbocycles. The Labute approximate surface area is 91.6 Å². The normalized spacial score (nSPS) is 33.5. The Morgan fingerprint density at radius 2 is 2.20 bits per heavy atom. The van der Waals surface area contributed by atoms with Crippen LogP contribution in [-0.4, -0.2) is 29.6 Å². The van der Waals surface area contributed by atoms with E-state index >= 15 is 0 Å². The van der Waals surface area contributed by atoms with Gasteiger partial charge in [0.05, 0.1) is 6.10 Å². The van der Waals surface area contributed by atoms with E-state index in [-0.39, 0.29) is 17.7 Å². The molecule has 1 rings (SSSR count). The third kappa shape index (κ3) is 2.89. The fourth-order valence-electron chi connectivity index (χ4n) is 2.18. The maximum absolute atomic E-state index is 11.7. The van der Waals surface area contributed by atoms with E-state index in [0.29, 0.717) is 11.5 Å². The summed E-state index contributed by atoms with van der Waals surface area (Å²) in [4.78, 5) is 11.7. The van der Waals surface area contributed by atoms with E-state index < -0.39 is 6.10 Å². The van der Waals surface area contributed by atoms with E-state index in [4.69, 9.17) is 0 Å². The van der Waals surface area contributed by atoms with Crippen molar-refractivity contribution in [2.45, 2.75) is 39.3 Å². The highest BCUT2D eigenvalue weighted by molar-refractivity contribution is 5.96. The Morgan fingerprint density at radius 3 is 2.67 bits per heavy atom. The van der Waals surface area contributed by atoms with Crippen molar-refractivity contribution < 1.29 is 9.90 Å². The van der Waals surface area contributed by atoms with Crippen molar-refractivity contribution in [2.24, 2.45) is 11.8 Å². The van der Waals surface area contributed by atoms with Crippen molar-refractivity contribution in [3.63, 3.8) is 0 Å². The molecule has 1 heterocycles. The maximum Gasteiger partial charge on any atom is 0.162 e. The first kappa shape index (κ1) is 12.4. The molecule has 1 aliphatic heterocycles. The predicted octanol–water partition coefficient (Wildman–Crippen LogP) is 1.13. The number of piperidine rings is 1. The smallest absolute Gasteiger partial charge is 0.162 e. The third-order valence-electron chi connectivity index (χ3n) is 3.13. The summed E-state index contributed by atoms with van der Waals surface area (Å²) in [5, 5.41) is 13.1. The van der Waals surface area contributed by atoms with Crippen LogP contribution >= 0.6 is 0 Å². The highest BCUT2D eigenvalue weighted by Gasteiger charge is 2.33. The number of rotatable bonds is 3. The van der Waals surface area contributed by atoms with Crippen LogP contribution in [0.2, 0.25) is 0 Å². The van der Waals surface area contributed by atoms with Crippen LogP contribution in [0.25, 0.3) is 0 Å². The van der Waals surface area contributed by atoms with Crippen molar-refractivity contribution in [3.8, 4) is 0 Å². The van der Waals surface area contributed by atoms with Crippen LogP contribution < -0.4 is 5.32 Å². The number of hydrogen-bond donors (Lipinski definition) is 2. The van der Waals surface area contributed by atoms with Gasteiger partial charge >= 0.3 is 0 Å². The van der Waals surface area contributed by atoms with Gasteiger partial charge in [-0.25, -0.2) is 0 Å². The van der Waals surface area contributed by atoms with Crippen LogP contribution in [0.5, 0.6) is 0 Å². The zero-order valence-electron chi connectivity index (χ0n) is 9.79. The van der Waals surface area contributed by atoms with E-state index in [1.807, 2.05) is 6.92 Å². The summed E-state index contributed by atoms with van der Waals surface area (Å²) in [5.74, 6) is 0.328. The third-order valence-corrected chi connectivity index (χ3v) is 3.13. The Balaban J connectivity index is 2.63. The lowest BCUT2D eigenvalue weighted by Crippen LogP contribution is -2.53. The molecule has 0 unspecified atom stereocenters. The van der Waals surface area contributed by atoms with Crippen LogP contribution in [-0.2, 0) is 4.79 Å². The van der Waals surface area contributed by atoms with Crippen LogP contribution in [0.3, 0.4) is 0 Å². The molecule has 2 N–H and O–H groups in total. The van der Waals surface area contributed by atoms with Crippen molar-refractivity contribution in [1.82, 2.24) is 5.32 Å². The summed E-state index contributed by atoms with van der Waals surface area (Å²) < 4.78 is 0. The molecule has 4 atom stereocenters. The van der Waals surface area contributed by atoms with E-state index in [0.717, 1.165) is 13.0 Å². The molecule has 0 radical (unpaired) electrons. The predicted molar refractivity (Wildman–Crippen MR) is 60.6 cm³/mol. The molecular formula is C12H21NO2. The first-order valence-corrected chi connectivity index (χ1v) is 5.54. The molecule has 1 saturated heterocycles. The average Bonchev–Trinajstić information content (AvgIpc) is 2.15. The molecule has 0 aromatic carbocycles. The number of carbonyl (C=O) groups is 1. The van der Waals surface area contributed by atoms with Crippen molar-refractivity contribution in [3.05, 3.63) is 12.2 Å². The first-order valence-electron chi connectivity index (χ1n) is 5.54. The van der Waals surface area contributed by atoms with Gasteiger partial charge in [0.25, 0.3) is 0 Å². The molecule has 1 fully saturated rings. The van der Waals surface area contributed by atoms with Gasteiger partial charge < -0.3 is 10.4 Å². The standard InChI is InChI=1S/C12H21NO2/c1-7(2)12(15)9(4)11-10(14)5-8(3)6-13-11/h8-11,13-14H,1,5-6H2,2-4H3/t8-,9+,10+,11-/m0/s1. The molecular weight excluding hydrogens is 190 g/mol. The molecule has 3 heteroatoms. The Kier molecular flexibility index (Phi) is 4.05. The van der Waals surface area contributed by atoms with Gasteiger partial charge in [0.1, 0.15) is 0 Å². The second-order valence-electron chi connectivity index (χ2n) is 4.78. The van der Waals surface area contributed by atoms with Gasteiger partial charge in [-0.05, 0) is 31.4 Å². The number of hydrogen-bond acceptors (Lipinski definition) is 3. The summed E-state index contributed by atoms with van der Waals surface area (Å²) >= 11 is 0. The molecule has 1 aliphatic rings. The number of Topliss-reactive ketones (excluding diaryl/α,β-unsaturated/α-hetero) is 1. The van der Waals surface area contributed by atoms with Gasteiger partial charge in [-0.2, -0.15) is 0 Å². The largest absolute Gasteiger partial charge is 0.391 e. The zero-order valence-corrected chi connectivity index (χ0v) is 9.79. The minimum Gasteiger partial charge on any atom is -0.391 e. The van der Waals surface area contributed by atoms with E-state index in [2.05, 4.69) is 18.8 Å². The van der Waals surface area contributed by atoms with Gasteiger partial charge in [-0.15, -0.1) is 0 Å². The Hall–Kier alpha value is -0.670. The summed E-state index contributed by atoms with van der Waals surface area (Å²) in [7, 11) is 0. The molecule has 0 aromatic heterocycles. The summed E-state index contributed by atoms with van der Waals surface area (Å²) in [6.45, 7) is 10.2. The first-order chi connectivity index (χ1) is 6.93. The minimum atomic E-state index is -0.424. The Bertz CT molecular complexity index is 262. The van der Waals surface area contributed by atoms with Crippen LogP contribution in [0.15, 0.2) is 12.2 Å². The van der Waals surface area contributed by atoms with Gasteiger partial charge in [-0.3, -0.25) is 4.79 Å². The van der Waals surface area contributed by atoms with Gasteiger partial charge in [0.2, 0.25) is 0 Å². The summed E-state index contributed by atoms with van der Waals surface area (Å²) in [6, 6.07) is -0.120. The molecule has 0 bridgehead atoms. The second kappa shape index (κ2) is 4.90. The second-order valence-corrected chi connectivity index (χ2v) is 4.78. The quantitative estimate of drug-likeness (QED) is 0.688. The molecule has 0 amide bonds. The minimum absolute atomic E-state index is 0.0427. The lowest BCUT2D eigenvalue weighted by molar-refractivity contribution is -0.121. The van der Waals surface area contributed by atoms with Crippen LogP contribution in [0, 0.1) is 11.8 Å². The molecule has 15 heavy (non-hydrogen) atoms. The number of allylic oxidation sites excluding steroid dienone is 1. The number of ketones is 1. The average molecular weight is 211 g/mol. The van der Waals surface area contributed by atoms with Gasteiger partial charge in [0.15, 0.2) is 5.78 Å². The number of aliphatic hydroxyl groups is 1. The highest BCUT2D eigenvalue weighted by Crippen LogP contribution is 2.21. The van der Waals surface area contributed by atoms with E-state index in [1.165, 1.54) is 0 Å². The molecule has 0 aromatic rings. The number of nitrogens with one attached hydrogen (secondary N) is 1. The fourth-order valence-corrected chi connectivity index (χ4v) is 2.18. The SMILES string of the molecule is C=C(C)C(=O)[C@H](C)[C@@H]1NC[C@@H](C)C[C@H]1O. The zero-order chi connectivity index (χ0) is 11.6. The lowest BCUT2D eigenvalue weighted by Gasteiger charge is -2.35. The topological polar surface area (TPSA) is 49.3 Å². The number of carbonyl (C=O) groups excluding carboxylic acids is 1. The van der Waals surface area contributed by atoms with E-state index in [9.17, 15) is 9.90 Å². The van der Waals surface area contributed by atoms with Crippen molar-refractivity contribution >= 4 is 5.78 Å². The maximum atomic E-state index is 11.7. The van der Waals surface area contributed by atoms with Crippen molar-refractivity contribution in [2.75, 3.05) is 6.54 Å². The molecule has 0 spiro atoms. The monoisotopic (exact) mass is 211 g/mol. The Morgan fingerprint density at radius 1 is 1.60 bits per heavy atom. The van der Waals surface area contributed by atoms with Crippen LogP contribution in [0.4, 0.5) is 0 Å². The lowest BCUT2D eigenvalue weighted by atomic mass is 9.83. The van der Waals surface area contributed by atoms with E-state index in [1.54, 1.807) is 6.92 Å². The fraction of sp³-hybridized carbons (Fsp3) is 0.750. The summed E-state index contributed by atoms with van der Waals surface area (Å²) in [6.07, 6.45) is 0.345. The van der Waals surface area contributed by atoms with Gasteiger partial charge in [-0.1, -0.05) is 20.4 Å². The molecule has 3 nitrogen and oxygen atoms in total. The highest BCUT2D eigenvalue weighted by atomic mass is 16.3. The van der Waals surface area contributed by atoms with Crippen LogP contribution in [0.1, 0.15) is 27.2 Å².